The summed E-state index contributed by atoms with van der Waals surface area (Å²) < 4.78 is 15.0. The first kappa shape index (κ1) is 16.0. The summed E-state index contributed by atoms with van der Waals surface area (Å²) in [6, 6.07) is 20.0. The molecule has 3 rings (SSSR count). The average molecular weight is 322 g/mol. The molecule has 3 aromatic rings. The zero-order valence-electron chi connectivity index (χ0n) is 13.5. The van der Waals surface area contributed by atoms with E-state index in [1.54, 1.807) is 24.1 Å². The van der Waals surface area contributed by atoms with Gasteiger partial charge in [-0.2, -0.15) is 0 Å². The molecule has 0 fully saturated rings. The van der Waals surface area contributed by atoms with Crippen LogP contribution in [0.15, 0.2) is 72.9 Å². The molecule has 0 N–H and O–H groups in total. The van der Waals surface area contributed by atoms with Gasteiger partial charge in [0.2, 0.25) is 5.91 Å². The van der Waals surface area contributed by atoms with E-state index in [4.69, 9.17) is 0 Å². The third-order valence-electron chi connectivity index (χ3n) is 3.96. The van der Waals surface area contributed by atoms with E-state index in [2.05, 4.69) is 0 Å². The first-order valence-electron chi connectivity index (χ1n) is 7.83. The van der Waals surface area contributed by atoms with Crippen molar-refractivity contribution in [2.24, 2.45) is 0 Å². The Morgan fingerprint density at radius 3 is 2.42 bits per heavy atom. The molecule has 0 bridgehead atoms. The molecule has 0 unspecified atom stereocenters. The Bertz CT molecular complexity index is 809. The second-order valence-electron chi connectivity index (χ2n) is 5.76. The van der Waals surface area contributed by atoms with Crippen LogP contribution < -0.4 is 0 Å². The SMILES string of the molecule is CN(Cc1ccccc1)C(=O)Cc1cccn1-c1ccc(F)cc1. The van der Waals surface area contributed by atoms with Crippen molar-refractivity contribution in [3.8, 4) is 5.69 Å². The van der Waals surface area contributed by atoms with Crippen LogP contribution in [0.5, 0.6) is 0 Å². The summed E-state index contributed by atoms with van der Waals surface area (Å²) in [6.07, 6.45) is 2.18. The molecular formula is C20H19FN2O. The summed E-state index contributed by atoms with van der Waals surface area (Å²) in [4.78, 5) is 14.2. The van der Waals surface area contributed by atoms with Crippen LogP contribution in [0.1, 0.15) is 11.3 Å². The van der Waals surface area contributed by atoms with E-state index in [0.717, 1.165) is 16.9 Å². The standard InChI is InChI=1S/C20H19FN2O/c1-22(15-16-6-3-2-4-7-16)20(24)14-19-8-5-13-23(19)18-11-9-17(21)10-12-18/h2-13H,14-15H2,1H3. The maximum atomic E-state index is 13.1. The van der Waals surface area contributed by atoms with Gasteiger partial charge in [-0.05, 0) is 42.0 Å². The Labute approximate surface area is 141 Å². The highest BCUT2D eigenvalue weighted by Gasteiger charge is 2.13. The summed E-state index contributed by atoms with van der Waals surface area (Å²) >= 11 is 0. The molecule has 0 saturated heterocycles. The zero-order chi connectivity index (χ0) is 16.9. The van der Waals surface area contributed by atoms with Gasteiger partial charge in [0.05, 0.1) is 6.42 Å². The minimum Gasteiger partial charge on any atom is -0.341 e. The molecule has 2 aromatic carbocycles. The maximum Gasteiger partial charge on any atom is 0.228 e. The van der Waals surface area contributed by atoms with Crippen LogP contribution in [0.4, 0.5) is 4.39 Å². The topological polar surface area (TPSA) is 25.2 Å². The highest BCUT2D eigenvalue weighted by Crippen LogP contribution is 2.15. The van der Waals surface area contributed by atoms with Gasteiger partial charge in [0.25, 0.3) is 0 Å². The molecule has 24 heavy (non-hydrogen) atoms. The van der Waals surface area contributed by atoms with E-state index in [-0.39, 0.29) is 11.7 Å². The molecule has 0 saturated carbocycles. The van der Waals surface area contributed by atoms with E-state index in [1.807, 2.05) is 53.2 Å². The molecule has 0 aliphatic heterocycles. The minimum absolute atomic E-state index is 0.0425. The lowest BCUT2D eigenvalue weighted by atomic mass is 10.2. The second kappa shape index (κ2) is 7.13. The molecule has 1 aromatic heterocycles. The fourth-order valence-corrected chi connectivity index (χ4v) is 2.65. The molecule has 0 aliphatic carbocycles. The molecule has 0 aliphatic rings. The molecule has 0 atom stereocenters. The molecule has 122 valence electrons. The summed E-state index contributed by atoms with van der Waals surface area (Å²) in [7, 11) is 1.81. The highest BCUT2D eigenvalue weighted by molar-refractivity contribution is 5.78. The lowest BCUT2D eigenvalue weighted by Crippen LogP contribution is -2.28. The quantitative estimate of drug-likeness (QED) is 0.701. The van der Waals surface area contributed by atoms with Crippen LogP contribution in [-0.2, 0) is 17.8 Å². The molecule has 3 nitrogen and oxygen atoms in total. The largest absolute Gasteiger partial charge is 0.341 e. The minimum atomic E-state index is -0.272. The predicted octanol–water partition coefficient (Wildman–Crippen LogP) is 3.82. The highest BCUT2D eigenvalue weighted by atomic mass is 19.1. The van der Waals surface area contributed by atoms with Crippen LogP contribution >= 0.6 is 0 Å². The number of benzene rings is 2. The van der Waals surface area contributed by atoms with Crippen molar-refractivity contribution in [2.45, 2.75) is 13.0 Å². The monoisotopic (exact) mass is 322 g/mol. The molecular weight excluding hydrogens is 303 g/mol. The van der Waals surface area contributed by atoms with E-state index in [0.29, 0.717) is 13.0 Å². The summed E-state index contributed by atoms with van der Waals surface area (Å²) in [5, 5.41) is 0. The zero-order valence-corrected chi connectivity index (χ0v) is 13.5. The van der Waals surface area contributed by atoms with E-state index in [1.165, 1.54) is 12.1 Å². The fraction of sp³-hybridized carbons (Fsp3) is 0.150. The Balaban J connectivity index is 1.71. The van der Waals surface area contributed by atoms with Crippen LogP contribution in [0, 0.1) is 5.82 Å². The third-order valence-corrected chi connectivity index (χ3v) is 3.96. The van der Waals surface area contributed by atoms with Gasteiger partial charge in [-0.1, -0.05) is 30.3 Å². The van der Waals surface area contributed by atoms with Gasteiger partial charge < -0.3 is 9.47 Å². The van der Waals surface area contributed by atoms with Crippen molar-refractivity contribution >= 4 is 5.91 Å². The Morgan fingerprint density at radius 1 is 1.00 bits per heavy atom. The fourth-order valence-electron chi connectivity index (χ4n) is 2.65. The van der Waals surface area contributed by atoms with Crippen LogP contribution in [0.25, 0.3) is 5.69 Å². The Kier molecular flexibility index (Phi) is 4.75. The number of hydrogen-bond donors (Lipinski definition) is 0. The first-order chi connectivity index (χ1) is 11.6. The Morgan fingerprint density at radius 2 is 1.71 bits per heavy atom. The number of likely N-dealkylation sites (N-methyl/N-ethyl adjacent to an activating group) is 1. The lowest BCUT2D eigenvalue weighted by Gasteiger charge is -2.18. The lowest BCUT2D eigenvalue weighted by molar-refractivity contribution is -0.129. The van der Waals surface area contributed by atoms with Gasteiger partial charge in [0.15, 0.2) is 0 Å². The third kappa shape index (κ3) is 3.71. The van der Waals surface area contributed by atoms with E-state index < -0.39 is 0 Å². The van der Waals surface area contributed by atoms with Crippen molar-refractivity contribution in [1.82, 2.24) is 9.47 Å². The normalized spacial score (nSPS) is 10.6. The van der Waals surface area contributed by atoms with Crippen molar-refractivity contribution in [3.63, 3.8) is 0 Å². The van der Waals surface area contributed by atoms with E-state index >= 15 is 0 Å². The number of amides is 1. The first-order valence-corrected chi connectivity index (χ1v) is 7.83. The van der Waals surface area contributed by atoms with E-state index in [9.17, 15) is 9.18 Å². The number of hydrogen-bond acceptors (Lipinski definition) is 1. The summed E-state index contributed by atoms with van der Waals surface area (Å²) in [5.74, 6) is -0.230. The Hall–Kier alpha value is -2.88. The summed E-state index contributed by atoms with van der Waals surface area (Å²) in [6.45, 7) is 0.580. The van der Waals surface area contributed by atoms with Crippen molar-refractivity contribution < 1.29 is 9.18 Å². The van der Waals surface area contributed by atoms with Crippen molar-refractivity contribution in [1.29, 1.82) is 0 Å². The van der Waals surface area contributed by atoms with Crippen molar-refractivity contribution in [3.05, 3.63) is 90.0 Å². The number of nitrogens with zero attached hydrogens (tertiary/aromatic N) is 2. The molecule has 1 amide bonds. The van der Waals surface area contributed by atoms with Gasteiger partial charge >= 0.3 is 0 Å². The van der Waals surface area contributed by atoms with Gasteiger partial charge in [-0.15, -0.1) is 0 Å². The molecule has 4 heteroatoms. The number of aromatic nitrogens is 1. The van der Waals surface area contributed by atoms with Crippen molar-refractivity contribution in [2.75, 3.05) is 7.05 Å². The average Bonchev–Trinajstić information content (AvgIpc) is 3.04. The molecule has 0 spiro atoms. The maximum absolute atomic E-state index is 13.1. The smallest absolute Gasteiger partial charge is 0.228 e. The van der Waals surface area contributed by atoms with Gasteiger partial charge in [0, 0.05) is 31.2 Å². The number of carbonyl (C=O) groups excluding carboxylic acids is 1. The second-order valence-corrected chi connectivity index (χ2v) is 5.76. The predicted molar refractivity (Wildman–Crippen MR) is 92.3 cm³/mol. The number of halogens is 1. The van der Waals surface area contributed by atoms with Gasteiger partial charge in [0.1, 0.15) is 5.82 Å². The molecule has 0 radical (unpaired) electrons. The summed E-state index contributed by atoms with van der Waals surface area (Å²) in [5.41, 5.74) is 2.82. The van der Waals surface area contributed by atoms with Gasteiger partial charge in [-0.3, -0.25) is 4.79 Å². The number of rotatable bonds is 5. The van der Waals surface area contributed by atoms with Gasteiger partial charge in [-0.25, -0.2) is 4.39 Å². The number of carbonyl (C=O) groups is 1. The van der Waals surface area contributed by atoms with Crippen LogP contribution in [0.3, 0.4) is 0 Å². The van der Waals surface area contributed by atoms with Crippen LogP contribution in [-0.4, -0.2) is 22.4 Å². The van der Waals surface area contributed by atoms with Crippen LogP contribution in [0.2, 0.25) is 0 Å². The molecule has 1 heterocycles.